The van der Waals surface area contributed by atoms with Crippen LogP contribution < -0.4 is 0 Å². The minimum Gasteiger partial charge on any atom is -0.462 e. The number of aliphatic hydroxyl groups excluding tert-OH is 1. The molecule has 434 valence electrons. The molecule has 0 saturated heterocycles. The molecule has 0 aliphatic rings. The Kier molecular flexibility index (Phi) is 54.4. The van der Waals surface area contributed by atoms with Gasteiger partial charge in [-0.1, -0.05) is 233 Å². The van der Waals surface area contributed by atoms with Gasteiger partial charge >= 0.3 is 25.7 Å². The van der Waals surface area contributed by atoms with Crippen molar-refractivity contribution in [2.45, 2.75) is 251 Å². The van der Waals surface area contributed by atoms with Crippen LogP contribution in [0.2, 0.25) is 0 Å². The van der Waals surface area contributed by atoms with Gasteiger partial charge in [-0.15, -0.1) is 0 Å². The van der Waals surface area contributed by atoms with E-state index in [9.17, 15) is 28.9 Å². The van der Waals surface area contributed by atoms with Gasteiger partial charge in [-0.3, -0.25) is 23.4 Å². The van der Waals surface area contributed by atoms with Crippen molar-refractivity contribution in [3.05, 3.63) is 109 Å². The Hall–Kier alpha value is -3.86. The fourth-order valence-corrected chi connectivity index (χ4v) is 8.47. The molecule has 0 heterocycles. The zero-order chi connectivity index (χ0) is 55.5. The Morgan fingerprint density at radius 2 is 0.711 bits per heavy atom. The zero-order valence-corrected chi connectivity index (χ0v) is 48.8. The second-order valence-corrected chi connectivity index (χ2v) is 20.9. The van der Waals surface area contributed by atoms with Gasteiger partial charge < -0.3 is 24.2 Å². The highest BCUT2D eigenvalue weighted by Crippen LogP contribution is 2.43. The van der Waals surface area contributed by atoms with Crippen LogP contribution in [-0.4, -0.2) is 66.5 Å². The van der Waals surface area contributed by atoms with Crippen molar-refractivity contribution >= 4 is 25.7 Å². The number of allylic oxidation sites excluding steroid dienone is 18. The summed E-state index contributed by atoms with van der Waals surface area (Å²) in [7, 11) is -4.78. The molecule has 0 aromatic rings. The van der Waals surface area contributed by atoms with Crippen molar-refractivity contribution in [3.63, 3.8) is 0 Å². The van der Waals surface area contributed by atoms with Gasteiger partial charge in [0.25, 0.3) is 0 Å². The number of hydrogen-bond acceptors (Lipinski definition) is 10. The molecule has 2 N–H and O–H groups in total. The summed E-state index contributed by atoms with van der Waals surface area (Å²) in [5, 5.41) is 9.83. The first-order valence-corrected chi connectivity index (χ1v) is 31.3. The van der Waals surface area contributed by atoms with Crippen LogP contribution in [0.3, 0.4) is 0 Å². The molecule has 0 amide bonds. The van der Waals surface area contributed by atoms with E-state index >= 15 is 0 Å². The Balaban J connectivity index is 4.77. The summed E-state index contributed by atoms with van der Waals surface area (Å²) in [6.07, 6.45) is 69.2. The number of hydrogen-bond donors (Lipinski definition) is 2. The molecule has 0 fully saturated rings. The van der Waals surface area contributed by atoms with Crippen molar-refractivity contribution in [2.24, 2.45) is 0 Å². The SMILES string of the molecule is CC/C=C\C/C=C\C/C=C\C/C=C\C/C=C\C/C=C\CCC(=O)OC(COC(=O)CCCCCCCCCCCCC)COP(=O)(O)OCC(CO)OC(=O)CCCCCCCC/C=C\C/C=C\C/C=C\CCCCC. The van der Waals surface area contributed by atoms with E-state index in [2.05, 4.69) is 118 Å². The van der Waals surface area contributed by atoms with Gasteiger partial charge in [0.1, 0.15) is 12.7 Å². The van der Waals surface area contributed by atoms with E-state index in [1.165, 1.54) is 70.6 Å². The highest BCUT2D eigenvalue weighted by atomic mass is 31.2. The number of carbonyl (C=O) groups is 3. The van der Waals surface area contributed by atoms with Crippen molar-refractivity contribution in [1.29, 1.82) is 0 Å². The largest absolute Gasteiger partial charge is 0.472 e. The van der Waals surface area contributed by atoms with Crippen LogP contribution in [0.1, 0.15) is 239 Å². The molecular formula is C64H107O11P. The summed E-state index contributed by atoms with van der Waals surface area (Å²) in [6, 6.07) is 0. The van der Waals surface area contributed by atoms with Gasteiger partial charge in [0.05, 0.1) is 19.8 Å². The first-order chi connectivity index (χ1) is 37.2. The summed E-state index contributed by atoms with van der Waals surface area (Å²) >= 11 is 0. The summed E-state index contributed by atoms with van der Waals surface area (Å²) in [5.41, 5.74) is 0. The predicted octanol–water partition coefficient (Wildman–Crippen LogP) is 17.8. The molecule has 12 heteroatoms. The Bertz CT molecular complexity index is 1690. The smallest absolute Gasteiger partial charge is 0.462 e. The van der Waals surface area contributed by atoms with Crippen LogP contribution in [0.4, 0.5) is 0 Å². The fourth-order valence-electron chi connectivity index (χ4n) is 7.68. The van der Waals surface area contributed by atoms with E-state index in [4.69, 9.17) is 23.3 Å². The topological polar surface area (TPSA) is 155 Å². The number of phosphoric ester groups is 1. The molecule has 0 bridgehead atoms. The van der Waals surface area contributed by atoms with Gasteiger partial charge in [0, 0.05) is 19.3 Å². The summed E-state index contributed by atoms with van der Waals surface area (Å²) in [4.78, 5) is 48.5. The molecule has 11 nitrogen and oxygen atoms in total. The monoisotopic (exact) mass is 1080 g/mol. The average molecular weight is 1080 g/mol. The van der Waals surface area contributed by atoms with E-state index in [0.717, 1.165) is 103 Å². The molecular weight excluding hydrogens is 976 g/mol. The van der Waals surface area contributed by atoms with Gasteiger partial charge in [-0.2, -0.15) is 0 Å². The van der Waals surface area contributed by atoms with Gasteiger partial charge in [0.2, 0.25) is 0 Å². The summed E-state index contributed by atoms with van der Waals surface area (Å²) in [5.74, 6) is -1.58. The first-order valence-electron chi connectivity index (χ1n) is 29.8. The molecule has 0 saturated carbocycles. The third-order valence-corrected chi connectivity index (χ3v) is 13.1. The van der Waals surface area contributed by atoms with Crippen LogP contribution in [0, 0.1) is 0 Å². The van der Waals surface area contributed by atoms with Gasteiger partial charge in [-0.25, -0.2) is 4.57 Å². The van der Waals surface area contributed by atoms with Gasteiger partial charge in [-0.05, 0) is 96.3 Å². The highest BCUT2D eigenvalue weighted by Gasteiger charge is 2.28. The van der Waals surface area contributed by atoms with Crippen LogP contribution in [0.5, 0.6) is 0 Å². The number of unbranched alkanes of at least 4 members (excludes halogenated alkanes) is 19. The summed E-state index contributed by atoms with van der Waals surface area (Å²) in [6.45, 7) is 4.40. The normalized spacial score (nSPS) is 14.1. The molecule has 0 spiro atoms. The maximum atomic E-state index is 12.9. The molecule has 0 aliphatic carbocycles. The molecule has 0 radical (unpaired) electrons. The number of ether oxygens (including phenoxy) is 3. The Morgan fingerprint density at radius 3 is 1.16 bits per heavy atom. The molecule has 0 aliphatic heterocycles. The number of aliphatic hydroxyl groups is 1. The lowest BCUT2D eigenvalue weighted by Crippen LogP contribution is -2.30. The van der Waals surface area contributed by atoms with Crippen LogP contribution >= 0.6 is 7.82 Å². The lowest BCUT2D eigenvalue weighted by Gasteiger charge is -2.21. The van der Waals surface area contributed by atoms with E-state index in [-0.39, 0.29) is 25.9 Å². The van der Waals surface area contributed by atoms with Crippen LogP contribution in [0.25, 0.3) is 0 Å². The first kappa shape index (κ1) is 72.1. The molecule has 76 heavy (non-hydrogen) atoms. The maximum Gasteiger partial charge on any atom is 0.472 e. The molecule has 3 unspecified atom stereocenters. The van der Waals surface area contributed by atoms with E-state index in [0.29, 0.717) is 25.7 Å². The predicted molar refractivity (Wildman–Crippen MR) is 316 cm³/mol. The lowest BCUT2D eigenvalue weighted by molar-refractivity contribution is -0.161. The second-order valence-electron chi connectivity index (χ2n) is 19.4. The average Bonchev–Trinajstić information content (AvgIpc) is 3.41. The standard InChI is InChI=1S/C64H107O11P/c1-4-7-10-13-16-19-22-24-26-28-30-32-34-36-39-42-45-48-51-54-63(67)74-60(56-65)58-72-76(69,70)73-59-61(57-71-62(66)53-50-47-44-41-38-21-18-15-12-9-6-3)75-64(68)55-52-49-46-43-40-37-35-33-31-29-27-25-23-20-17-14-11-8-5-2/h8,11,16-17,19-20,24-27,30-33,37,40,46,49,60-61,65H,4-7,9-10,12-15,18,21-23,28-29,34-36,38-39,41-45,47-48,50-59H2,1-3H3,(H,69,70)/b11-8-,19-16-,20-17-,26-24-,27-25-,32-30-,33-31-,40-37-,49-46-. The van der Waals surface area contributed by atoms with Crippen molar-refractivity contribution in [3.8, 4) is 0 Å². The second kappa shape index (κ2) is 57.3. The maximum absolute atomic E-state index is 12.9. The van der Waals surface area contributed by atoms with Crippen molar-refractivity contribution < 1.29 is 52.2 Å². The van der Waals surface area contributed by atoms with E-state index < -0.39 is 57.8 Å². The van der Waals surface area contributed by atoms with Gasteiger partial charge in [0.15, 0.2) is 6.10 Å². The number of phosphoric acid groups is 1. The number of esters is 3. The minimum absolute atomic E-state index is 0.0382. The van der Waals surface area contributed by atoms with Crippen LogP contribution in [0.15, 0.2) is 109 Å². The van der Waals surface area contributed by atoms with Crippen molar-refractivity contribution in [2.75, 3.05) is 26.4 Å². The minimum atomic E-state index is -4.78. The molecule has 0 aromatic carbocycles. The third kappa shape index (κ3) is 54.9. The summed E-state index contributed by atoms with van der Waals surface area (Å²) < 4.78 is 39.4. The zero-order valence-electron chi connectivity index (χ0n) is 47.9. The Morgan fingerprint density at radius 1 is 0.382 bits per heavy atom. The van der Waals surface area contributed by atoms with E-state index in [1.807, 2.05) is 12.2 Å². The van der Waals surface area contributed by atoms with E-state index in [1.54, 1.807) is 0 Å². The Labute approximate surface area is 463 Å². The quantitative estimate of drug-likeness (QED) is 0.0197. The van der Waals surface area contributed by atoms with Crippen molar-refractivity contribution in [1.82, 2.24) is 0 Å². The lowest BCUT2D eigenvalue weighted by atomic mass is 10.1. The number of rotatable bonds is 54. The fraction of sp³-hybridized carbons (Fsp3) is 0.672. The molecule has 3 atom stereocenters. The third-order valence-electron chi connectivity index (χ3n) is 12.2. The molecule has 0 rings (SSSR count). The highest BCUT2D eigenvalue weighted by molar-refractivity contribution is 7.47. The number of carbonyl (C=O) groups excluding carboxylic acids is 3. The molecule has 0 aromatic heterocycles. The van der Waals surface area contributed by atoms with Crippen LogP contribution in [-0.2, 0) is 42.2 Å².